The molecule has 0 radical (unpaired) electrons. The second kappa shape index (κ2) is 7.72. The number of para-hydroxylation sites is 1. The highest BCUT2D eigenvalue weighted by molar-refractivity contribution is 5.74. The number of hydrogen-bond donors (Lipinski definition) is 2. The molecular weight excluding hydrogens is 259 g/mol. The smallest absolute Gasteiger partial charge is 0.315 e. The van der Waals surface area contributed by atoms with Crippen molar-refractivity contribution in [1.82, 2.24) is 10.6 Å². The average molecular weight is 280 g/mol. The monoisotopic (exact) mass is 280 g/mol. The minimum atomic E-state index is -0.390. The zero-order chi connectivity index (χ0) is 14.2. The molecule has 4 nitrogen and oxygen atoms in total. The summed E-state index contributed by atoms with van der Waals surface area (Å²) in [6, 6.07) is 6.35. The van der Waals surface area contributed by atoms with Gasteiger partial charge in [0.2, 0.25) is 0 Å². The van der Waals surface area contributed by atoms with Gasteiger partial charge in [-0.1, -0.05) is 31.4 Å². The number of halogens is 1. The molecule has 0 spiro atoms. The molecule has 2 amide bonds. The first-order valence-electron chi connectivity index (χ1n) is 7.17. The van der Waals surface area contributed by atoms with Crippen LogP contribution in [0.4, 0.5) is 9.18 Å². The zero-order valence-electron chi connectivity index (χ0n) is 11.5. The summed E-state index contributed by atoms with van der Waals surface area (Å²) in [5.74, 6) is -0.179. The Morgan fingerprint density at radius 2 is 2.00 bits per heavy atom. The first kappa shape index (κ1) is 14.6. The van der Waals surface area contributed by atoms with E-state index in [0.717, 1.165) is 12.8 Å². The van der Waals surface area contributed by atoms with Crippen molar-refractivity contribution < 1.29 is 13.9 Å². The lowest BCUT2D eigenvalue weighted by Gasteiger charge is -2.22. The van der Waals surface area contributed by atoms with E-state index in [1.165, 1.54) is 25.3 Å². The quantitative estimate of drug-likeness (QED) is 0.815. The molecule has 0 aromatic heterocycles. The maximum absolute atomic E-state index is 13.3. The van der Waals surface area contributed by atoms with Crippen molar-refractivity contribution in [3.63, 3.8) is 0 Å². The van der Waals surface area contributed by atoms with E-state index in [4.69, 9.17) is 4.74 Å². The highest BCUT2D eigenvalue weighted by Gasteiger charge is 2.15. The molecule has 2 N–H and O–H groups in total. The Morgan fingerprint density at radius 3 is 2.75 bits per heavy atom. The summed E-state index contributed by atoms with van der Waals surface area (Å²) in [6.45, 7) is 0.603. The Balaban J connectivity index is 1.60. The van der Waals surface area contributed by atoms with E-state index in [2.05, 4.69) is 10.6 Å². The number of carbonyl (C=O) groups is 1. The molecule has 0 unspecified atom stereocenters. The van der Waals surface area contributed by atoms with Gasteiger partial charge in [0.25, 0.3) is 0 Å². The highest BCUT2D eigenvalue weighted by Crippen LogP contribution is 2.17. The van der Waals surface area contributed by atoms with Crippen LogP contribution >= 0.6 is 0 Å². The largest absolute Gasteiger partial charge is 0.489 e. The van der Waals surface area contributed by atoms with Gasteiger partial charge in [0, 0.05) is 6.04 Å². The fraction of sp³-hybridized carbons (Fsp3) is 0.533. The number of hydrogen-bond acceptors (Lipinski definition) is 2. The van der Waals surface area contributed by atoms with Gasteiger partial charge >= 0.3 is 6.03 Å². The molecule has 0 bridgehead atoms. The van der Waals surface area contributed by atoms with E-state index in [-0.39, 0.29) is 30.2 Å². The summed E-state index contributed by atoms with van der Waals surface area (Å²) in [5, 5.41) is 5.67. The maximum Gasteiger partial charge on any atom is 0.315 e. The Morgan fingerprint density at radius 1 is 1.25 bits per heavy atom. The minimum absolute atomic E-state index is 0.172. The molecule has 0 heterocycles. The van der Waals surface area contributed by atoms with Gasteiger partial charge in [-0.3, -0.25) is 0 Å². The fourth-order valence-electron chi connectivity index (χ4n) is 2.37. The van der Waals surface area contributed by atoms with Crippen molar-refractivity contribution in [3.8, 4) is 5.75 Å². The number of carbonyl (C=O) groups excluding carboxylic acids is 1. The van der Waals surface area contributed by atoms with E-state index in [9.17, 15) is 9.18 Å². The summed E-state index contributed by atoms with van der Waals surface area (Å²) < 4.78 is 18.5. The van der Waals surface area contributed by atoms with Crippen molar-refractivity contribution >= 4 is 6.03 Å². The first-order valence-corrected chi connectivity index (χ1v) is 7.17. The summed E-state index contributed by atoms with van der Waals surface area (Å²) in [5.41, 5.74) is 0. The van der Waals surface area contributed by atoms with Crippen LogP contribution in [0.5, 0.6) is 5.75 Å². The van der Waals surface area contributed by atoms with Crippen molar-refractivity contribution in [2.75, 3.05) is 13.2 Å². The van der Waals surface area contributed by atoms with E-state index >= 15 is 0 Å². The predicted molar refractivity (Wildman–Crippen MR) is 75.3 cm³/mol. The van der Waals surface area contributed by atoms with Crippen LogP contribution in [0.25, 0.3) is 0 Å². The van der Waals surface area contributed by atoms with Gasteiger partial charge in [0.15, 0.2) is 11.6 Å². The third-order valence-corrected chi connectivity index (χ3v) is 3.42. The van der Waals surface area contributed by atoms with Crippen LogP contribution in [0.2, 0.25) is 0 Å². The van der Waals surface area contributed by atoms with Crippen LogP contribution in [0.1, 0.15) is 32.1 Å². The summed E-state index contributed by atoms with van der Waals surface area (Å²) in [7, 11) is 0. The lowest BCUT2D eigenvalue weighted by atomic mass is 9.96. The van der Waals surface area contributed by atoms with Gasteiger partial charge in [-0.25, -0.2) is 9.18 Å². The molecule has 0 saturated heterocycles. The predicted octanol–water partition coefficient (Wildman–Crippen LogP) is 2.84. The van der Waals surface area contributed by atoms with Crippen molar-refractivity contribution in [2.24, 2.45) is 0 Å². The van der Waals surface area contributed by atoms with Gasteiger partial charge in [-0.05, 0) is 25.0 Å². The van der Waals surface area contributed by atoms with Crippen LogP contribution in [0.3, 0.4) is 0 Å². The molecule has 1 aliphatic carbocycles. The van der Waals surface area contributed by atoms with Crippen molar-refractivity contribution in [1.29, 1.82) is 0 Å². The standard InChI is InChI=1S/C15H21FN2O2/c16-13-8-4-5-9-14(13)20-11-10-17-15(19)18-12-6-2-1-3-7-12/h4-5,8-9,12H,1-3,6-7,10-11H2,(H2,17,18,19). The molecule has 110 valence electrons. The van der Waals surface area contributed by atoms with E-state index in [1.54, 1.807) is 18.2 Å². The van der Waals surface area contributed by atoms with Crippen molar-refractivity contribution in [3.05, 3.63) is 30.1 Å². The summed E-state index contributed by atoms with van der Waals surface area (Å²) >= 11 is 0. The fourth-order valence-corrected chi connectivity index (χ4v) is 2.37. The number of urea groups is 1. The van der Waals surface area contributed by atoms with E-state index in [1.807, 2.05) is 0 Å². The van der Waals surface area contributed by atoms with Crippen LogP contribution < -0.4 is 15.4 Å². The molecular formula is C15H21FN2O2. The first-order chi connectivity index (χ1) is 9.75. The maximum atomic E-state index is 13.3. The Labute approximate surface area is 118 Å². The molecule has 1 aromatic rings. The van der Waals surface area contributed by atoms with Gasteiger partial charge in [-0.2, -0.15) is 0 Å². The van der Waals surface area contributed by atoms with Crippen molar-refractivity contribution in [2.45, 2.75) is 38.1 Å². The Hall–Kier alpha value is -1.78. The molecule has 0 atom stereocenters. The van der Waals surface area contributed by atoms with Crippen LogP contribution in [-0.4, -0.2) is 25.2 Å². The molecule has 1 saturated carbocycles. The molecule has 1 fully saturated rings. The number of ether oxygens (including phenoxy) is 1. The van der Waals surface area contributed by atoms with Crippen LogP contribution in [0, 0.1) is 5.82 Å². The SMILES string of the molecule is O=C(NCCOc1ccccc1F)NC1CCCCC1. The van der Waals surface area contributed by atoms with E-state index in [0.29, 0.717) is 6.54 Å². The zero-order valence-corrected chi connectivity index (χ0v) is 11.5. The molecule has 1 aliphatic rings. The molecule has 0 aliphatic heterocycles. The van der Waals surface area contributed by atoms with Crippen LogP contribution in [-0.2, 0) is 0 Å². The second-order valence-corrected chi connectivity index (χ2v) is 5.01. The molecule has 20 heavy (non-hydrogen) atoms. The normalized spacial score (nSPS) is 15.7. The lowest BCUT2D eigenvalue weighted by Crippen LogP contribution is -2.44. The topological polar surface area (TPSA) is 50.4 Å². The van der Waals surface area contributed by atoms with E-state index < -0.39 is 0 Å². The summed E-state index contributed by atoms with van der Waals surface area (Å²) in [4.78, 5) is 11.6. The number of nitrogens with one attached hydrogen (secondary N) is 2. The summed E-state index contributed by atoms with van der Waals surface area (Å²) in [6.07, 6.45) is 5.73. The highest BCUT2D eigenvalue weighted by atomic mass is 19.1. The third kappa shape index (κ3) is 4.72. The van der Waals surface area contributed by atoms with Crippen LogP contribution in [0.15, 0.2) is 24.3 Å². The minimum Gasteiger partial charge on any atom is -0.489 e. The van der Waals surface area contributed by atoms with Gasteiger partial charge in [0.05, 0.1) is 6.54 Å². The third-order valence-electron chi connectivity index (χ3n) is 3.42. The second-order valence-electron chi connectivity index (χ2n) is 5.01. The molecule has 1 aromatic carbocycles. The average Bonchev–Trinajstić information content (AvgIpc) is 2.46. The number of benzene rings is 1. The lowest BCUT2D eigenvalue weighted by molar-refractivity contribution is 0.228. The van der Waals surface area contributed by atoms with Gasteiger partial charge in [-0.15, -0.1) is 0 Å². The Kier molecular flexibility index (Phi) is 5.65. The van der Waals surface area contributed by atoms with Gasteiger partial charge < -0.3 is 15.4 Å². The molecule has 5 heteroatoms. The number of amides is 2. The number of rotatable bonds is 5. The molecule has 2 rings (SSSR count). The Bertz CT molecular complexity index is 434. The van der Waals surface area contributed by atoms with Gasteiger partial charge in [0.1, 0.15) is 6.61 Å².